The van der Waals surface area contributed by atoms with E-state index in [0.717, 1.165) is 19.4 Å². The highest BCUT2D eigenvalue weighted by Gasteiger charge is 1.99. The third-order valence-electron chi connectivity index (χ3n) is 1.95. The monoisotopic (exact) mass is 215 g/mol. The maximum Gasteiger partial charge on any atom is 0.221 e. The highest BCUT2D eigenvalue weighted by atomic mass is 16.1. The van der Waals surface area contributed by atoms with E-state index in [0.29, 0.717) is 25.9 Å². The van der Waals surface area contributed by atoms with Gasteiger partial charge in [-0.25, -0.2) is 0 Å². The van der Waals surface area contributed by atoms with E-state index in [1.807, 2.05) is 6.92 Å². The fourth-order valence-corrected chi connectivity index (χ4v) is 1.12. The number of primary amides is 1. The van der Waals surface area contributed by atoms with E-state index in [4.69, 9.17) is 5.73 Å². The van der Waals surface area contributed by atoms with E-state index >= 15 is 0 Å². The molecule has 0 aliphatic carbocycles. The molecule has 0 spiro atoms. The smallest absolute Gasteiger partial charge is 0.221 e. The number of nitrogens with one attached hydrogen (secondary N) is 2. The molecule has 0 rings (SSSR count). The van der Waals surface area contributed by atoms with Gasteiger partial charge in [0.05, 0.1) is 0 Å². The average molecular weight is 215 g/mol. The van der Waals surface area contributed by atoms with Crippen LogP contribution in [0, 0.1) is 0 Å². The fraction of sp³-hybridized carbons (Fsp3) is 0.800. The van der Waals surface area contributed by atoms with Crippen molar-refractivity contribution in [2.45, 2.75) is 32.6 Å². The number of amides is 2. The lowest BCUT2D eigenvalue weighted by Crippen LogP contribution is -2.28. The topological polar surface area (TPSA) is 84.2 Å². The first kappa shape index (κ1) is 13.9. The van der Waals surface area contributed by atoms with Crippen LogP contribution in [0.4, 0.5) is 0 Å². The number of unbranched alkanes of at least 4 members (excludes halogenated alkanes) is 1. The molecule has 0 heterocycles. The first-order valence-electron chi connectivity index (χ1n) is 5.42. The van der Waals surface area contributed by atoms with Gasteiger partial charge in [-0.3, -0.25) is 9.59 Å². The zero-order valence-electron chi connectivity index (χ0n) is 9.34. The van der Waals surface area contributed by atoms with Crippen molar-refractivity contribution >= 4 is 11.8 Å². The van der Waals surface area contributed by atoms with Gasteiger partial charge < -0.3 is 16.4 Å². The highest BCUT2D eigenvalue weighted by molar-refractivity contribution is 5.76. The summed E-state index contributed by atoms with van der Waals surface area (Å²) < 4.78 is 0. The van der Waals surface area contributed by atoms with Gasteiger partial charge in [0.15, 0.2) is 0 Å². The highest BCUT2D eigenvalue weighted by Crippen LogP contribution is 1.92. The van der Waals surface area contributed by atoms with Crippen LogP contribution in [-0.2, 0) is 9.59 Å². The molecule has 0 atom stereocenters. The summed E-state index contributed by atoms with van der Waals surface area (Å²) in [6.07, 6.45) is 2.44. The summed E-state index contributed by atoms with van der Waals surface area (Å²) in [7, 11) is 0. The number of carbonyl (C=O) groups is 2. The van der Waals surface area contributed by atoms with Gasteiger partial charge in [0.2, 0.25) is 11.8 Å². The lowest BCUT2D eigenvalue weighted by Gasteiger charge is -2.04. The predicted octanol–water partition coefficient (Wildman–Crippen LogP) is -0.242. The molecule has 4 N–H and O–H groups in total. The number of hydrogen-bond donors (Lipinski definition) is 3. The van der Waals surface area contributed by atoms with Crippen molar-refractivity contribution < 1.29 is 9.59 Å². The molecule has 15 heavy (non-hydrogen) atoms. The third kappa shape index (κ3) is 10.8. The maximum atomic E-state index is 11.2. The summed E-state index contributed by atoms with van der Waals surface area (Å²) in [6.45, 7) is 4.22. The molecule has 0 saturated carbocycles. The lowest BCUT2D eigenvalue weighted by molar-refractivity contribution is -0.121. The van der Waals surface area contributed by atoms with Crippen LogP contribution in [0.25, 0.3) is 0 Å². The van der Waals surface area contributed by atoms with Crippen LogP contribution in [0.3, 0.4) is 0 Å². The largest absolute Gasteiger partial charge is 0.370 e. The van der Waals surface area contributed by atoms with Crippen LogP contribution in [-0.4, -0.2) is 31.4 Å². The number of carbonyl (C=O) groups excluding carboxylic acids is 2. The average Bonchev–Trinajstić information content (AvgIpc) is 2.17. The second kappa shape index (κ2) is 9.45. The molecule has 0 bridgehead atoms. The molecule has 0 unspecified atom stereocenters. The van der Waals surface area contributed by atoms with Crippen molar-refractivity contribution in [2.24, 2.45) is 5.73 Å². The van der Waals surface area contributed by atoms with Crippen LogP contribution in [0.15, 0.2) is 0 Å². The Morgan fingerprint density at radius 1 is 1.13 bits per heavy atom. The van der Waals surface area contributed by atoms with Crippen LogP contribution >= 0.6 is 0 Å². The summed E-state index contributed by atoms with van der Waals surface area (Å²) in [5.41, 5.74) is 4.98. The van der Waals surface area contributed by atoms with Crippen LogP contribution in [0.2, 0.25) is 0 Å². The minimum Gasteiger partial charge on any atom is -0.370 e. The van der Waals surface area contributed by atoms with Gasteiger partial charge in [-0.2, -0.15) is 0 Å². The van der Waals surface area contributed by atoms with E-state index in [2.05, 4.69) is 10.6 Å². The zero-order chi connectivity index (χ0) is 11.5. The fourth-order valence-electron chi connectivity index (χ4n) is 1.12. The zero-order valence-corrected chi connectivity index (χ0v) is 9.34. The van der Waals surface area contributed by atoms with Crippen molar-refractivity contribution in [3.63, 3.8) is 0 Å². The minimum absolute atomic E-state index is 0.0509. The normalized spacial score (nSPS) is 9.93. The summed E-state index contributed by atoms with van der Waals surface area (Å²) in [5, 5.41) is 5.86. The van der Waals surface area contributed by atoms with Gasteiger partial charge in [-0.15, -0.1) is 0 Å². The molecule has 88 valence electrons. The van der Waals surface area contributed by atoms with Crippen molar-refractivity contribution in [1.82, 2.24) is 10.6 Å². The Kier molecular flexibility index (Phi) is 8.76. The Hall–Kier alpha value is -1.10. The predicted molar refractivity (Wildman–Crippen MR) is 59.2 cm³/mol. The molecular formula is C10H21N3O2. The molecular weight excluding hydrogens is 194 g/mol. The molecule has 2 amide bonds. The van der Waals surface area contributed by atoms with Crippen molar-refractivity contribution in [1.29, 1.82) is 0 Å². The Labute approximate surface area is 90.8 Å². The van der Waals surface area contributed by atoms with Gasteiger partial charge in [-0.1, -0.05) is 6.92 Å². The molecule has 5 nitrogen and oxygen atoms in total. The van der Waals surface area contributed by atoms with Gasteiger partial charge >= 0.3 is 0 Å². The van der Waals surface area contributed by atoms with Gasteiger partial charge in [-0.05, 0) is 19.4 Å². The number of nitrogens with two attached hydrogens (primary N) is 1. The number of rotatable bonds is 9. The van der Waals surface area contributed by atoms with Crippen LogP contribution in [0.1, 0.15) is 32.6 Å². The Morgan fingerprint density at radius 3 is 2.47 bits per heavy atom. The second-order valence-corrected chi connectivity index (χ2v) is 3.38. The number of hydrogen-bond acceptors (Lipinski definition) is 3. The second-order valence-electron chi connectivity index (χ2n) is 3.38. The van der Waals surface area contributed by atoms with E-state index in [1.54, 1.807) is 0 Å². The standard InChI is InChI=1S/C10H21N3O2/c1-2-12-8-6-10(15)13-7-4-3-5-9(11)14/h12H,2-8H2,1H3,(H2,11,14)(H,13,15). The summed E-state index contributed by atoms with van der Waals surface area (Å²) >= 11 is 0. The third-order valence-corrected chi connectivity index (χ3v) is 1.95. The summed E-state index contributed by atoms with van der Waals surface area (Å²) in [5.74, 6) is -0.233. The molecule has 0 aliphatic heterocycles. The van der Waals surface area contributed by atoms with E-state index in [-0.39, 0.29) is 11.8 Å². The molecule has 0 fully saturated rings. The Bertz CT molecular complexity index is 195. The van der Waals surface area contributed by atoms with Crippen molar-refractivity contribution in [3.05, 3.63) is 0 Å². The molecule has 0 aromatic carbocycles. The molecule has 0 radical (unpaired) electrons. The van der Waals surface area contributed by atoms with Crippen LogP contribution in [0.5, 0.6) is 0 Å². The van der Waals surface area contributed by atoms with E-state index in [1.165, 1.54) is 0 Å². The van der Waals surface area contributed by atoms with Crippen LogP contribution < -0.4 is 16.4 Å². The van der Waals surface area contributed by atoms with Crippen molar-refractivity contribution in [3.8, 4) is 0 Å². The first-order chi connectivity index (χ1) is 7.16. The van der Waals surface area contributed by atoms with Crippen molar-refractivity contribution in [2.75, 3.05) is 19.6 Å². The molecule has 0 aromatic heterocycles. The minimum atomic E-state index is -0.284. The van der Waals surface area contributed by atoms with Gasteiger partial charge in [0.25, 0.3) is 0 Å². The van der Waals surface area contributed by atoms with Gasteiger partial charge in [0, 0.05) is 25.9 Å². The lowest BCUT2D eigenvalue weighted by atomic mass is 10.2. The molecule has 0 aliphatic rings. The maximum absolute atomic E-state index is 11.2. The molecule has 5 heteroatoms. The summed E-state index contributed by atoms with van der Waals surface area (Å²) in [6, 6.07) is 0. The Balaban J connectivity index is 3.20. The summed E-state index contributed by atoms with van der Waals surface area (Å²) in [4.78, 5) is 21.6. The van der Waals surface area contributed by atoms with Gasteiger partial charge in [0.1, 0.15) is 0 Å². The van der Waals surface area contributed by atoms with E-state index < -0.39 is 0 Å². The quantitative estimate of drug-likeness (QED) is 0.464. The first-order valence-corrected chi connectivity index (χ1v) is 5.42. The molecule has 0 aromatic rings. The molecule has 0 saturated heterocycles. The van der Waals surface area contributed by atoms with E-state index in [9.17, 15) is 9.59 Å². The SMILES string of the molecule is CCNCCC(=O)NCCCCC(N)=O. The Morgan fingerprint density at radius 2 is 1.87 bits per heavy atom.